The van der Waals surface area contributed by atoms with Crippen LogP contribution in [-0.4, -0.2) is 12.0 Å². The first-order valence-electron chi connectivity index (χ1n) is 5.74. The molecule has 0 bridgehead atoms. The van der Waals surface area contributed by atoms with Gasteiger partial charge in [-0.05, 0) is 24.4 Å². The first kappa shape index (κ1) is 13.0. The Kier molecular flexibility index (Phi) is 3.93. The summed E-state index contributed by atoms with van der Waals surface area (Å²) in [5.74, 6) is 0.385. The highest BCUT2D eigenvalue weighted by Crippen LogP contribution is 2.28. The molecule has 0 fully saturated rings. The molecule has 0 aliphatic rings. The maximum atomic E-state index is 13.1. The average Bonchev–Trinajstić information content (AvgIpc) is 2.90. The first-order chi connectivity index (χ1) is 8.63. The normalized spacial score (nSPS) is 12.4. The average molecular weight is 265 g/mol. The Labute approximate surface area is 110 Å². The predicted octanol–water partition coefficient (Wildman–Crippen LogP) is 2.94. The van der Waals surface area contributed by atoms with Gasteiger partial charge in [0.2, 0.25) is 0 Å². The highest BCUT2D eigenvalue weighted by molar-refractivity contribution is 7.10. The lowest BCUT2D eigenvalue weighted by Gasteiger charge is -2.26. The van der Waals surface area contributed by atoms with Crippen LogP contribution in [0.5, 0.6) is 0 Å². The number of anilines is 1. The van der Waals surface area contributed by atoms with Gasteiger partial charge in [0.05, 0.1) is 12.2 Å². The molecule has 0 radical (unpaired) electrons. The molecule has 96 valence electrons. The Hall–Kier alpha value is -1.46. The number of thiophene rings is 1. The van der Waals surface area contributed by atoms with Gasteiger partial charge in [0, 0.05) is 24.0 Å². The van der Waals surface area contributed by atoms with Gasteiger partial charge in [0.15, 0.2) is 0 Å². The molecular weight excluding hydrogens is 249 g/mol. The van der Waals surface area contributed by atoms with Crippen LogP contribution in [0.25, 0.3) is 0 Å². The van der Waals surface area contributed by atoms with Crippen molar-refractivity contribution in [3.63, 3.8) is 0 Å². The third-order valence-corrected chi connectivity index (χ3v) is 4.04. The zero-order chi connectivity index (χ0) is 13.1. The Morgan fingerprint density at radius 2 is 2.33 bits per heavy atom. The largest absolute Gasteiger partial charge is 0.352 e. The van der Waals surface area contributed by atoms with Crippen molar-refractivity contribution in [2.45, 2.75) is 19.5 Å². The van der Waals surface area contributed by atoms with Crippen molar-refractivity contribution >= 4 is 17.2 Å². The molecule has 0 aliphatic heterocycles. The zero-order valence-corrected chi connectivity index (χ0v) is 11.2. The summed E-state index contributed by atoms with van der Waals surface area (Å²) in [4.78, 5) is 7.42. The van der Waals surface area contributed by atoms with E-state index < -0.39 is 0 Å². The molecule has 0 spiro atoms. The third kappa shape index (κ3) is 2.52. The SMILES string of the molecule is CC(c1cccs1)N(C)c1ncc(F)cc1CN. The second kappa shape index (κ2) is 5.46. The molecule has 5 heteroatoms. The fourth-order valence-corrected chi connectivity index (χ4v) is 2.67. The second-order valence-corrected chi connectivity index (χ2v) is 5.12. The minimum Gasteiger partial charge on any atom is -0.352 e. The van der Waals surface area contributed by atoms with Crippen LogP contribution in [0.1, 0.15) is 23.4 Å². The van der Waals surface area contributed by atoms with Crippen molar-refractivity contribution in [1.82, 2.24) is 4.98 Å². The second-order valence-electron chi connectivity index (χ2n) is 4.14. The fraction of sp³-hybridized carbons (Fsp3) is 0.308. The molecule has 18 heavy (non-hydrogen) atoms. The first-order valence-corrected chi connectivity index (χ1v) is 6.62. The lowest BCUT2D eigenvalue weighted by molar-refractivity contribution is 0.616. The molecule has 2 aromatic heterocycles. The maximum Gasteiger partial charge on any atom is 0.141 e. The summed E-state index contributed by atoms with van der Waals surface area (Å²) in [7, 11) is 1.95. The van der Waals surface area contributed by atoms with Gasteiger partial charge in [-0.2, -0.15) is 0 Å². The van der Waals surface area contributed by atoms with Gasteiger partial charge in [-0.25, -0.2) is 9.37 Å². The number of rotatable bonds is 4. The molecule has 1 unspecified atom stereocenters. The molecule has 2 aromatic rings. The van der Waals surface area contributed by atoms with Crippen molar-refractivity contribution in [2.75, 3.05) is 11.9 Å². The molecule has 2 N–H and O–H groups in total. The van der Waals surface area contributed by atoms with Gasteiger partial charge in [0.1, 0.15) is 11.6 Å². The maximum absolute atomic E-state index is 13.1. The fourth-order valence-electron chi connectivity index (χ4n) is 1.85. The summed E-state index contributed by atoms with van der Waals surface area (Å²) < 4.78 is 13.1. The van der Waals surface area contributed by atoms with Gasteiger partial charge in [0.25, 0.3) is 0 Å². The number of aromatic nitrogens is 1. The van der Waals surface area contributed by atoms with Crippen molar-refractivity contribution in [3.05, 3.63) is 46.0 Å². The van der Waals surface area contributed by atoms with Crippen LogP contribution in [0.4, 0.5) is 10.2 Å². The van der Waals surface area contributed by atoms with Crippen LogP contribution < -0.4 is 10.6 Å². The van der Waals surface area contributed by atoms with Gasteiger partial charge in [-0.1, -0.05) is 6.07 Å². The number of nitrogens with zero attached hydrogens (tertiary/aromatic N) is 2. The van der Waals surface area contributed by atoms with E-state index in [1.54, 1.807) is 11.3 Å². The van der Waals surface area contributed by atoms with Crippen molar-refractivity contribution < 1.29 is 4.39 Å². The quantitative estimate of drug-likeness (QED) is 0.924. The van der Waals surface area contributed by atoms with E-state index in [2.05, 4.69) is 18.0 Å². The summed E-state index contributed by atoms with van der Waals surface area (Å²) in [6, 6.07) is 5.73. The predicted molar refractivity (Wildman–Crippen MR) is 73.2 cm³/mol. The van der Waals surface area contributed by atoms with Gasteiger partial charge in [-0.3, -0.25) is 0 Å². The molecule has 0 aliphatic carbocycles. The Bertz CT molecular complexity index is 513. The highest BCUT2D eigenvalue weighted by Gasteiger charge is 2.17. The van der Waals surface area contributed by atoms with E-state index in [0.717, 1.165) is 11.4 Å². The standard InChI is InChI=1S/C13H16FN3S/c1-9(12-4-3-5-18-12)17(2)13-10(7-15)6-11(14)8-16-13/h3-6,8-9H,7,15H2,1-2H3. The van der Waals surface area contributed by atoms with E-state index in [9.17, 15) is 4.39 Å². The minimum atomic E-state index is -0.351. The Balaban J connectivity index is 2.31. The molecule has 0 amide bonds. The van der Waals surface area contributed by atoms with Crippen LogP contribution in [0.15, 0.2) is 29.8 Å². The Morgan fingerprint density at radius 3 is 2.94 bits per heavy atom. The Morgan fingerprint density at radius 1 is 1.56 bits per heavy atom. The number of hydrogen-bond acceptors (Lipinski definition) is 4. The molecule has 0 saturated heterocycles. The molecular formula is C13H16FN3S. The number of nitrogens with two attached hydrogens (primary N) is 1. The molecule has 2 rings (SSSR count). The lowest BCUT2D eigenvalue weighted by atomic mass is 10.2. The minimum absolute atomic E-state index is 0.188. The van der Waals surface area contributed by atoms with Crippen LogP contribution in [0, 0.1) is 5.82 Å². The van der Waals surface area contributed by atoms with Crippen molar-refractivity contribution in [1.29, 1.82) is 0 Å². The highest BCUT2D eigenvalue weighted by atomic mass is 32.1. The summed E-state index contributed by atoms with van der Waals surface area (Å²) in [5, 5.41) is 2.04. The summed E-state index contributed by atoms with van der Waals surface area (Å²) in [6.45, 7) is 2.37. The van der Waals surface area contributed by atoms with Crippen LogP contribution in [0.2, 0.25) is 0 Å². The molecule has 2 heterocycles. The molecule has 0 saturated carbocycles. The molecule has 0 aromatic carbocycles. The number of pyridine rings is 1. The summed E-state index contributed by atoms with van der Waals surface area (Å²) in [6.07, 6.45) is 1.23. The van der Waals surface area contributed by atoms with Crippen LogP contribution in [0.3, 0.4) is 0 Å². The topological polar surface area (TPSA) is 42.2 Å². The van der Waals surface area contributed by atoms with Gasteiger partial charge in [-0.15, -0.1) is 11.3 Å². The summed E-state index contributed by atoms with van der Waals surface area (Å²) >= 11 is 1.70. The van der Waals surface area contributed by atoms with E-state index >= 15 is 0 Å². The monoisotopic (exact) mass is 265 g/mol. The smallest absolute Gasteiger partial charge is 0.141 e. The van der Waals surface area contributed by atoms with Crippen LogP contribution in [-0.2, 0) is 6.54 Å². The zero-order valence-electron chi connectivity index (χ0n) is 10.4. The van der Waals surface area contributed by atoms with Crippen molar-refractivity contribution in [2.24, 2.45) is 5.73 Å². The van der Waals surface area contributed by atoms with Gasteiger partial charge < -0.3 is 10.6 Å². The lowest BCUT2D eigenvalue weighted by Crippen LogP contribution is -2.24. The number of halogens is 1. The number of hydrogen-bond donors (Lipinski definition) is 1. The van der Waals surface area contributed by atoms with E-state index in [1.165, 1.54) is 17.1 Å². The van der Waals surface area contributed by atoms with Crippen molar-refractivity contribution in [3.8, 4) is 0 Å². The van der Waals surface area contributed by atoms with E-state index in [-0.39, 0.29) is 18.4 Å². The van der Waals surface area contributed by atoms with E-state index in [1.807, 2.05) is 23.4 Å². The van der Waals surface area contributed by atoms with E-state index in [0.29, 0.717) is 0 Å². The summed E-state index contributed by atoms with van der Waals surface area (Å²) in [5.41, 5.74) is 6.37. The molecule has 1 atom stereocenters. The van der Waals surface area contributed by atoms with Gasteiger partial charge >= 0.3 is 0 Å². The molecule has 3 nitrogen and oxygen atoms in total. The van der Waals surface area contributed by atoms with E-state index in [4.69, 9.17) is 5.73 Å². The third-order valence-electron chi connectivity index (χ3n) is 3.00. The van der Waals surface area contributed by atoms with Crippen LogP contribution >= 0.6 is 11.3 Å².